The monoisotopic (exact) mass is 306 g/mol. The van der Waals surface area contributed by atoms with Crippen LogP contribution in [-0.4, -0.2) is 25.3 Å². The molecule has 21 heavy (non-hydrogen) atoms. The Bertz CT molecular complexity index is 604. The molecule has 0 spiro atoms. The summed E-state index contributed by atoms with van der Waals surface area (Å²) in [6.07, 6.45) is 9.20. The average molecular weight is 306 g/mol. The van der Waals surface area contributed by atoms with E-state index >= 15 is 0 Å². The van der Waals surface area contributed by atoms with E-state index in [1.807, 2.05) is 19.1 Å². The fraction of sp³-hybridized carbons (Fsp3) is 0.375. The van der Waals surface area contributed by atoms with Crippen molar-refractivity contribution < 1.29 is 8.42 Å². The molecule has 0 saturated carbocycles. The lowest BCUT2D eigenvalue weighted by atomic mass is 10.2. The van der Waals surface area contributed by atoms with Gasteiger partial charge in [0.15, 0.2) is 0 Å². The maximum absolute atomic E-state index is 12.5. The summed E-state index contributed by atoms with van der Waals surface area (Å²) in [5.74, 6) is 0. The normalized spacial score (nSPS) is 15.6. The van der Waals surface area contributed by atoms with Crippen LogP contribution in [0.1, 0.15) is 25.3 Å². The number of benzene rings is 1. The van der Waals surface area contributed by atoms with Gasteiger partial charge in [-0.1, -0.05) is 31.0 Å². The average Bonchev–Trinajstić information content (AvgIpc) is 2.48. The van der Waals surface area contributed by atoms with E-state index in [9.17, 15) is 8.42 Å². The van der Waals surface area contributed by atoms with Crippen molar-refractivity contribution in [3.63, 3.8) is 0 Å². The Morgan fingerprint density at radius 1 is 1.14 bits per heavy atom. The predicted molar refractivity (Wildman–Crippen MR) is 85.2 cm³/mol. The molecule has 2 rings (SSSR count). The highest BCUT2D eigenvalue weighted by molar-refractivity contribution is 7.89. The van der Waals surface area contributed by atoms with Crippen molar-refractivity contribution in [1.82, 2.24) is 9.62 Å². The molecule has 1 aliphatic rings. The van der Waals surface area contributed by atoms with Crippen molar-refractivity contribution in [2.24, 2.45) is 0 Å². The van der Waals surface area contributed by atoms with Crippen LogP contribution in [0.4, 0.5) is 0 Å². The van der Waals surface area contributed by atoms with Gasteiger partial charge in [-0.05, 0) is 44.2 Å². The molecule has 0 bridgehead atoms. The first-order chi connectivity index (χ1) is 10.0. The van der Waals surface area contributed by atoms with Crippen LogP contribution in [0.5, 0.6) is 0 Å². The summed E-state index contributed by atoms with van der Waals surface area (Å²) in [7, 11) is -3.50. The Labute approximate surface area is 127 Å². The Morgan fingerprint density at radius 2 is 1.76 bits per heavy atom. The van der Waals surface area contributed by atoms with E-state index in [0.29, 0.717) is 4.90 Å². The highest BCUT2D eigenvalue weighted by Gasteiger charge is 2.21. The molecule has 0 unspecified atom stereocenters. The van der Waals surface area contributed by atoms with Gasteiger partial charge in [0.1, 0.15) is 0 Å². The first kappa shape index (κ1) is 15.8. The van der Waals surface area contributed by atoms with E-state index in [-0.39, 0.29) is 6.04 Å². The van der Waals surface area contributed by atoms with Crippen LogP contribution in [0, 0.1) is 6.92 Å². The third-order valence-corrected chi connectivity index (χ3v) is 5.05. The number of hydrogen-bond acceptors (Lipinski definition) is 3. The van der Waals surface area contributed by atoms with Gasteiger partial charge in [-0.25, -0.2) is 12.7 Å². The van der Waals surface area contributed by atoms with Gasteiger partial charge in [-0.15, -0.1) is 0 Å². The third-order valence-electron chi connectivity index (χ3n) is 3.39. The van der Waals surface area contributed by atoms with Gasteiger partial charge in [0.05, 0.1) is 4.90 Å². The van der Waals surface area contributed by atoms with Gasteiger partial charge in [0, 0.05) is 18.4 Å². The minimum atomic E-state index is -3.50. The number of sulfonamides is 1. The molecular formula is C16H22N2O2S. The Morgan fingerprint density at radius 3 is 2.33 bits per heavy atom. The number of nitrogens with one attached hydrogen (secondary N) is 1. The summed E-state index contributed by atoms with van der Waals surface area (Å²) in [6, 6.07) is 6.98. The van der Waals surface area contributed by atoms with Crippen molar-refractivity contribution in [1.29, 1.82) is 0 Å². The molecule has 1 heterocycles. The lowest BCUT2D eigenvalue weighted by Crippen LogP contribution is -2.31. The van der Waals surface area contributed by atoms with E-state index < -0.39 is 10.0 Å². The van der Waals surface area contributed by atoms with E-state index in [1.54, 1.807) is 36.7 Å². The van der Waals surface area contributed by atoms with Crippen LogP contribution in [-0.2, 0) is 10.0 Å². The number of nitrogens with zero attached hydrogens (tertiary/aromatic N) is 1. The molecule has 1 aromatic rings. The molecule has 5 heteroatoms. The maximum Gasteiger partial charge on any atom is 0.267 e. The molecule has 1 aromatic carbocycles. The van der Waals surface area contributed by atoms with Crippen LogP contribution in [0.15, 0.2) is 53.7 Å². The smallest absolute Gasteiger partial charge is 0.267 e. The van der Waals surface area contributed by atoms with Crippen molar-refractivity contribution in [3.8, 4) is 0 Å². The molecular weight excluding hydrogens is 284 g/mol. The van der Waals surface area contributed by atoms with E-state index in [0.717, 1.165) is 24.9 Å². The van der Waals surface area contributed by atoms with E-state index in [4.69, 9.17) is 0 Å². The van der Waals surface area contributed by atoms with Crippen molar-refractivity contribution in [2.45, 2.75) is 37.6 Å². The molecule has 4 nitrogen and oxygen atoms in total. The van der Waals surface area contributed by atoms with Gasteiger partial charge in [-0.2, -0.15) is 0 Å². The topological polar surface area (TPSA) is 49.4 Å². The van der Waals surface area contributed by atoms with Gasteiger partial charge in [0.25, 0.3) is 10.0 Å². The highest BCUT2D eigenvalue weighted by atomic mass is 32.2. The van der Waals surface area contributed by atoms with Crippen LogP contribution in [0.25, 0.3) is 0 Å². The van der Waals surface area contributed by atoms with Gasteiger partial charge >= 0.3 is 0 Å². The molecule has 0 saturated heterocycles. The first-order valence-electron chi connectivity index (χ1n) is 7.24. The lowest BCUT2D eigenvalue weighted by molar-refractivity contribution is 0.543. The Kier molecular flexibility index (Phi) is 5.20. The second-order valence-electron chi connectivity index (χ2n) is 5.16. The molecule has 0 amide bonds. The zero-order valence-corrected chi connectivity index (χ0v) is 13.3. The maximum atomic E-state index is 12.5. The number of rotatable bonds is 6. The second kappa shape index (κ2) is 6.91. The van der Waals surface area contributed by atoms with Crippen molar-refractivity contribution >= 4 is 10.0 Å². The largest absolute Gasteiger partial charge is 0.307 e. The second-order valence-corrected chi connectivity index (χ2v) is 7.01. The van der Waals surface area contributed by atoms with Crippen LogP contribution >= 0.6 is 0 Å². The molecule has 0 aromatic heterocycles. The molecule has 114 valence electrons. The minimum Gasteiger partial charge on any atom is -0.307 e. The van der Waals surface area contributed by atoms with Crippen molar-refractivity contribution in [2.75, 3.05) is 6.54 Å². The quantitative estimate of drug-likeness (QED) is 0.822. The number of unbranched alkanes of at least 4 members (excludes halogenated alkanes) is 1. The van der Waals surface area contributed by atoms with Crippen molar-refractivity contribution in [3.05, 3.63) is 54.4 Å². The summed E-state index contributed by atoms with van der Waals surface area (Å²) < 4.78 is 26.2. The lowest BCUT2D eigenvalue weighted by Gasteiger charge is -2.22. The summed E-state index contributed by atoms with van der Waals surface area (Å²) in [4.78, 5) is 0.305. The standard InChI is InChI=1S/C16H22N2O2S/c1-3-4-11-17-15-9-12-18(13-10-15)21(19,20)16-7-5-14(2)6-8-16/h5-10,12-13,15,17H,3-4,11H2,1-2H3. The van der Waals surface area contributed by atoms with Crippen LogP contribution in [0.3, 0.4) is 0 Å². The summed E-state index contributed by atoms with van der Waals surface area (Å²) in [5.41, 5.74) is 1.04. The fourth-order valence-electron chi connectivity index (χ4n) is 2.04. The Hall–Kier alpha value is -1.59. The summed E-state index contributed by atoms with van der Waals surface area (Å²) in [5, 5.41) is 3.35. The number of aryl methyl sites for hydroxylation is 1. The molecule has 1 N–H and O–H groups in total. The summed E-state index contributed by atoms with van der Waals surface area (Å²) >= 11 is 0. The van der Waals surface area contributed by atoms with E-state index in [2.05, 4.69) is 12.2 Å². The van der Waals surface area contributed by atoms with Crippen LogP contribution < -0.4 is 5.32 Å². The predicted octanol–water partition coefficient (Wildman–Crippen LogP) is 2.79. The minimum absolute atomic E-state index is 0.0982. The zero-order valence-electron chi connectivity index (χ0n) is 12.5. The highest BCUT2D eigenvalue weighted by Crippen LogP contribution is 2.19. The molecule has 0 fully saturated rings. The third kappa shape index (κ3) is 3.95. The molecule has 0 aliphatic carbocycles. The molecule has 1 aliphatic heterocycles. The molecule has 0 atom stereocenters. The van der Waals surface area contributed by atoms with Gasteiger partial charge in [0.2, 0.25) is 0 Å². The molecule has 0 radical (unpaired) electrons. The first-order valence-corrected chi connectivity index (χ1v) is 8.68. The van der Waals surface area contributed by atoms with Gasteiger partial charge in [-0.3, -0.25) is 0 Å². The summed E-state index contributed by atoms with van der Waals surface area (Å²) in [6.45, 7) is 5.01. The van der Waals surface area contributed by atoms with Gasteiger partial charge < -0.3 is 5.32 Å². The van der Waals surface area contributed by atoms with E-state index in [1.165, 1.54) is 4.31 Å². The van der Waals surface area contributed by atoms with Crippen LogP contribution in [0.2, 0.25) is 0 Å². The number of hydrogen-bond donors (Lipinski definition) is 1. The SMILES string of the molecule is CCCCNC1C=CN(S(=O)(=O)c2ccc(C)cc2)C=C1. The zero-order chi connectivity index (χ0) is 15.3. The fourth-order valence-corrected chi connectivity index (χ4v) is 3.23. The Balaban J connectivity index is 2.05.